The zero-order valence-corrected chi connectivity index (χ0v) is 7.86. The van der Waals surface area contributed by atoms with Gasteiger partial charge in [0, 0.05) is 18.0 Å². The standard InChI is InChI=1S/C10H13NO2/c1-8(2)10(12)13-9(3)11-6-4-5-7-11/h4-7,9H,1H2,2-3H3. The first-order valence-electron chi connectivity index (χ1n) is 4.10. The number of hydrogen-bond donors (Lipinski definition) is 0. The Kier molecular flexibility index (Phi) is 2.90. The molecule has 1 unspecified atom stereocenters. The molecule has 0 saturated carbocycles. The van der Waals surface area contributed by atoms with E-state index >= 15 is 0 Å². The average Bonchev–Trinajstić information content (AvgIpc) is 2.55. The average molecular weight is 179 g/mol. The van der Waals surface area contributed by atoms with Crippen molar-refractivity contribution in [3.8, 4) is 0 Å². The van der Waals surface area contributed by atoms with Crippen molar-refractivity contribution in [2.75, 3.05) is 0 Å². The molecule has 0 bridgehead atoms. The molecule has 0 spiro atoms. The lowest BCUT2D eigenvalue weighted by Crippen LogP contribution is -2.13. The summed E-state index contributed by atoms with van der Waals surface area (Å²) >= 11 is 0. The van der Waals surface area contributed by atoms with E-state index in [2.05, 4.69) is 6.58 Å². The lowest BCUT2D eigenvalue weighted by atomic mass is 10.4. The van der Waals surface area contributed by atoms with E-state index in [0.29, 0.717) is 5.57 Å². The van der Waals surface area contributed by atoms with Crippen LogP contribution in [0.2, 0.25) is 0 Å². The van der Waals surface area contributed by atoms with Crippen LogP contribution in [0, 0.1) is 0 Å². The maximum absolute atomic E-state index is 11.1. The molecule has 3 nitrogen and oxygen atoms in total. The highest BCUT2D eigenvalue weighted by molar-refractivity contribution is 5.86. The predicted molar refractivity (Wildman–Crippen MR) is 50.0 cm³/mol. The molecule has 70 valence electrons. The minimum absolute atomic E-state index is 0.279. The van der Waals surface area contributed by atoms with Gasteiger partial charge in [-0.3, -0.25) is 0 Å². The van der Waals surface area contributed by atoms with Crippen molar-refractivity contribution in [2.45, 2.75) is 20.1 Å². The predicted octanol–water partition coefficient (Wildman–Crippen LogP) is 2.13. The fourth-order valence-corrected chi connectivity index (χ4v) is 0.907. The van der Waals surface area contributed by atoms with Crippen molar-refractivity contribution in [3.63, 3.8) is 0 Å². The summed E-state index contributed by atoms with van der Waals surface area (Å²) in [5.41, 5.74) is 0.416. The lowest BCUT2D eigenvalue weighted by Gasteiger charge is -2.14. The molecular weight excluding hydrogens is 166 g/mol. The summed E-state index contributed by atoms with van der Waals surface area (Å²) in [5.74, 6) is -0.360. The number of carbonyl (C=O) groups excluding carboxylic acids is 1. The van der Waals surface area contributed by atoms with E-state index in [-0.39, 0.29) is 12.2 Å². The maximum atomic E-state index is 11.1. The van der Waals surface area contributed by atoms with Gasteiger partial charge in [0.1, 0.15) is 0 Å². The number of nitrogens with zero attached hydrogens (tertiary/aromatic N) is 1. The maximum Gasteiger partial charge on any atom is 0.335 e. The quantitative estimate of drug-likeness (QED) is 0.525. The van der Waals surface area contributed by atoms with E-state index in [1.807, 2.05) is 24.5 Å². The molecule has 3 heteroatoms. The number of carbonyl (C=O) groups is 1. The summed E-state index contributed by atoms with van der Waals surface area (Å²) in [5, 5.41) is 0. The molecule has 0 aliphatic rings. The third kappa shape index (κ3) is 2.47. The van der Waals surface area contributed by atoms with E-state index in [0.717, 1.165) is 0 Å². The van der Waals surface area contributed by atoms with Gasteiger partial charge in [-0.2, -0.15) is 0 Å². The molecule has 13 heavy (non-hydrogen) atoms. The van der Waals surface area contributed by atoms with Crippen LogP contribution in [0.25, 0.3) is 0 Å². The van der Waals surface area contributed by atoms with Crippen LogP contribution in [0.4, 0.5) is 0 Å². The molecule has 1 aromatic rings. The van der Waals surface area contributed by atoms with Gasteiger partial charge < -0.3 is 9.30 Å². The first-order chi connectivity index (χ1) is 6.11. The van der Waals surface area contributed by atoms with Crippen LogP contribution in [0.5, 0.6) is 0 Å². The Balaban J connectivity index is 2.56. The third-order valence-corrected chi connectivity index (χ3v) is 1.67. The summed E-state index contributed by atoms with van der Waals surface area (Å²) in [7, 11) is 0. The summed E-state index contributed by atoms with van der Waals surface area (Å²) < 4.78 is 6.89. The second kappa shape index (κ2) is 3.94. The van der Waals surface area contributed by atoms with Gasteiger partial charge in [0.2, 0.25) is 0 Å². The van der Waals surface area contributed by atoms with Crippen molar-refractivity contribution in [1.82, 2.24) is 4.57 Å². The van der Waals surface area contributed by atoms with Crippen LogP contribution in [0.3, 0.4) is 0 Å². The van der Waals surface area contributed by atoms with Crippen LogP contribution >= 0.6 is 0 Å². The van der Waals surface area contributed by atoms with Crippen LogP contribution in [-0.4, -0.2) is 10.5 Å². The molecule has 1 rings (SSSR count). The zero-order chi connectivity index (χ0) is 9.84. The molecule has 1 aromatic heterocycles. The highest BCUT2D eigenvalue weighted by atomic mass is 16.6. The number of esters is 1. The Morgan fingerprint density at radius 2 is 2.00 bits per heavy atom. The van der Waals surface area contributed by atoms with E-state index in [4.69, 9.17) is 4.74 Å². The van der Waals surface area contributed by atoms with Crippen LogP contribution < -0.4 is 0 Å². The van der Waals surface area contributed by atoms with Crippen LogP contribution in [0.15, 0.2) is 36.7 Å². The van der Waals surface area contributed by atoms with Crippen molar-refractivity contribution >= 4 is 5.97 Å². The summed E-state index contributed by atoms with van der Waals surface area (Å²) in [6.07, 6.45) is 3.41. The summed E-state index contributed by atoms with van der Waals surface area (Å²) in [6.45, 7) is 6.94. The highest BCUT2D eigenvalue weighted by Crippen LogP contribution is 2.09. The fourth-order valence-electron chi connectivity index (χ4n) is 0.907. The Labute approximate surface area is 77.6 Å². The molecule has 0 radical (unpaired) electrons. The largest absolute Gasteiger partial charge is 0.438 e. The minimum Gasteiger partial charge on any atom is -0.438 e. The monoisotopic (exact) mass is 179 g/mol. The first kappa shape index (κ1) is 9.58. The van der Waals surface area contributed by atoms with Crippen molar-refractivity contribution in [2.24, 2.45) is 0 Å². The highest BCUT2D eigenvalue weighted by Gasteiger charge is 2.09. The Morgan fingerprint density at radius 1 is 1.46 bits per heavy atom. The number of aromatic nitrogens is 1. The molecule has 0 amide bonds. The van der Waals surface area contributed by atoms with Crippen molar-refractivity contribution in [3.05, 3.63) is 36.7 Å². The molecule has 0 aromatic carbocycles. The Hall–Kier alpha value is -1.51. The third-order valence-electron chi connectivity index (χ3n) is 1.67. The van der Waals surface area contributed by atoms with E-state index in [1.54, 1.807) is 18.4 Å². The molecule has 1 atom stereocenters. The molecule has 0 fully saturated rings. The number of rotatable bonds is 3. The van der Waals surface area contributed by atoms with Crippen molar-refractivity contribution < 1.29 is 9.53 Å². The second-order valence-corrected chi connectivity index (χ2v) is 2.92. The molecule has 0 aliphatic heterocycles. The SMILES string of the molecule is C=C(C)C(=O)OC(C)n1cccc1. The van der Waals surface area contributed by atoms with E-state index < -0.39 is 0 Å². The lowest BCUT2D eigenvalue weighted by molar-refractivity contribution is -0.147. The van der Waals surface area contributed by atoms with Gasteiger partial charge in [0.25, 0.3) is 0 Å². The minimum atomic E-state index is -0.360. The number of ether oxygens (including phenoxy) is 1. The van der Waals surface area contributed by atoms with E-state index in [9.17, 15) is 4.79 Å². The molecule has 0 N–H and O–H groups in total. The van der Waals surface area contributed by atoms with Gasteiger partial charge in [-0.05, 0) is 26.0 Å². The second-order valence-electron chi connectivity index (χ2n) is 2.92. The van der Waals surface area contributed by atoms with Gasteiger partial charge in [-0.25, -0.2) is 4.79 Å². The van der Waals surface area contributed by atoms with Gasteiger partial charge in [0.05, 0.1) is 0 Å². The van der Waals surface area contributed by atoms with Crippen molar-refractivity contribution in [1.29, 1.82) is 0 Å². The summed E-state index contributed by atoms with van der Waals surface area (Å²) in [4.78, 5) is 11.1. The van der Waals surface area contributed by atoms with Gasteiger partial charge in [-0.15, -0.1) is 0 Å². The zero-order valence-electron chi connectivity index (χ0n) is 7.86. The van der Waals surface area contributed by atoms with Gasteiger partial charge in [-0.1, -0.05) is 6.58 Å². The smallest absolute Gasteiger partial charge is 0.335 e. The van der Waals surface area contributed by atoms with E-state index in [1.165, 1.54) is 0 Å². The fraction of sp³-hybridized carbons (Fsp3) is 0.300. The molecular formula is C10H13NO2. The van der Waals surface area contributed by atoms with Crippen LogP contribution in [0.1, 0.15) is 20.1 Å². The normalized spacial score (nSPS) is 12.2. The molecule has 0 saturated heterocycles. The van der Waals surface area contributed by atoms with Gasteiger partial charge in [0.15, 0.2) is 6.23 Å². The topological polar surface area (TPSA) is 31.2 Å². The summed E-state index contributed by atoms with van der Waals surface area (Å²) in [6, 6.07) is 3.76. The Morgan fingerprint density at radius 3 is 2.46 bits per heavy atom. The first-order valence-corrected chi connectivity index (χ1v) is 4.10. The Bertz CT molecular complexity index is 301. The van der Waals surface area contributed by atoms with Crippen LogP contribution in [-0.2, 0) is 9.53 Å². The van der Waals surface area contributed by atoms with Gasteiger partial charge >= 0.3 is 5.97 Å². The number of hydrogen-bond acceptors (Lipinski definition) is 2. The molecule has 1 heterocycles. The molecule has 0 aliphatic carbocycles.